The molecule has 0 saturated carbocycles. The van der Waals surface area contributed by atoms with Crippen molar-refractivity contribution in [3.05, 3.63) is 23.9 Å². The number of halogens is 1. The Bertz CT molecular complexity index is 346. The summed E-state index contributed by atoms with van der Waals surface area (Å²) in [5.41, 5.74) is 1.30. The number of nitrogens with zero attached hydrogens (tertiary/aromatic N) is 2. The van der Waals surface area contributed by atoms with Gasteiger partial charge < -0.3 is 4.90 Å². The van der Waals surface area contributed by atoms with Crippen molar-refractivity contribution in [2.45, 2.75) is 23.9 Å². The molecule has 0 spiro atoms. The summed E-state index contributed by atoms with van der Waals surface area (Å²) in [6, 6.07) is 4.16. The van der Waals surface area contributed by atoms with E-state index in [0.29, 0.717) is 0 Å². The highest BCUT2D eigenvalue weighted by atomic mass is 79.9. The average molecular weight is 301 g/mol. The second-order valence-corrected chi connectivity index (χ2v) is 5.94. The zero-order valence-corrected chi connectivity index (χ0v) is 11.9. The lowest BCUT2D eigenvalue weighted by Crippen LogP contribution is -2.38. The number of anilines is 1. The molecule has 0 bridgehead atoms. The van der Waals surface area contributed by atoms with Gasteiger partial charge in [0.1, 0.15) is 5.82 Å². The van der Waals surface area contributed by atoms with Gasteiger partial charge >= 0.3 is 0 Å². The van der Waals surface area contributed by atoms with Crippen LogP contribution in [0.1, 0.15) is 18.9 Å². The summed E-state index contributed by atoms with van der Waals surface area (Å²) in [7, 11) is 0. The van der Waals surface area contributed by atoms with Gasteiger partial charge in [-0.15, -0.1) is 0 Å². The molecule has 2 heterocycles. The van der Waals surface area contributed by atoms with E-state index >= 15 is 0 Å². The van der Waals surface area contributed by atoms with Crippen molar-refractivity contribution in [1.82, 2.24) is 4.98 Å². The van der Waals surface area contributed by atoms with Gasteiger partial charge in [-0.1, -0.05) is 28.9 Å². The number of aromatic nitrogens is 1. The van der Waals surface area contributed by atoms with E-state index in [9.17, 15) is 0 Å². The van der Waals surface area contributed by atoms with Gasteiger partial charge in [0.05, 0.1) is 0 Å². The molecule has 1 aliphatic rings. The van der Waals surface area contributed by atoms with E-state index in [1.54, 1.807) is 0 Å². The number of alkyl halides is 1. The predicted octanol–water partition coefficient (Wildman–Crippen LogP) is 3.31. The lowest BCUT2D eigenvalue weighted by atomic mass is 10.2. The van der Waals surface area contributed by atoms with Crippen LogP contribution >= 0.6 is 27.7 Å². The molecule has 0 N–H and O–H groups in total. The van der Waals surface area contributed by atoms with Crippen LogP contribution in [0, 0.1) is 0 Å². The molecule has 2 rings (SSSR count). The van der Waals surface area contributed by atoms with Crippen molar-refractivity contribution in [2.75, 3.05) is 23.7 Å². The highest BCUT2D eigenvalue weighted by Gasteiger charge is 2.21. The normalized spacial score (nSPS) is 21.1. The lowest BCUT2D eigenvalue weighted by Gasteiger charge is -2.33. The molecule has 4 heteroatoms. The zero-order valence-electron chi connectivity index (χ0n) is 9.53. The van der Waals surface area contributed by atoms with Gasteiger partial charge in [-0.25, -0.2) is 4.98 Å². The van der Waals surface area contributed by atoms with Gasteiger partial charge in [-0.2, -0.15) is 11.8 Å². The highest BCUT2D eigenvalue weighted by Crippen LogP contribution is 2.27. The standard InChI is InChI=1S/C12H17BrN2S/c1-2-11-9-15(6-7-16-11)12-10(8-13)4-3-5-14-12/h3-5,11H,2,6-9H2,1H3. The maximum atomic E-state index is 4.53. The molecule has 2 nitrogen and oxygen atoms in total. The Morgan fingerprint density at radius 3 is 3.25 bits per heavy atom. The Kier molecular flexibility index (Phi) is 4.53. The molecule has 1 unspecified atom stereocenters. The van der Waals surface area contributed by atoms with Crippen molar-refractivity contribution in [1.29, 1.82) is 0 Å². The van der Waals surface area contributed by atoms with E-state index in [2.05, 4.69) is 50.6 Å². The summed E-state index contributed by atoms with van der Waals surface area (Å²) >= 11 is 5.63. The van der Waals surface area contributed by atoms with E-state index in [4.69, 9.17) is 0 Å². The molecule has 0 radical (unpaired) electrons. The van der Waals surface area contributed by atoms with Gasteiger partial charge in [0.2, 0.25) is 0 Å². The molecular weight excluding hydrogens is 284 g/mol. The van der Waals surface area contributed by atoms with E-state index in [1.807, 2.05) is 12.3 Å². The Labute approximate surface area is 110 Å². The molecule has 16 heavy (non-hydrogen) atoms. The van der Waals surface area contributed by atoms with Gasteiger partial charge in [0.25, 0.3) is 0 Å². The molecule has 1 aromatic rings. The third-order valence-corrected chi connectivity index (χ3v) is 4.88. The topological polar surface area (TPSA) is 16.1 Å². The maximum Gasteiger partial charge on any atom is 0.132 e. The summed E-state index contributed by atoms with van der Waals surface area (Å²) in [4.78, 5) is 6.96. The van der Waals surface area contributed by atoms with Gasteiger partial charge in [-0.3, -0.25) is 0 Å². The van der Waals surface area contributed by atoms with Crippen LogP contribution in [0.5, 0.6) is 0 Å². The quantitative estimate of drug-likeness (QED) is 0.797. The van der Waals surface area contributed by atoms with Crippen LogP contribution in [0.3, 0.4) is 0 Å². The maximum absolute atomic E-state index is 4.53. The highest BCUT2D eigenvalue weighted by molar-refractivity contribution is 9.08. The summed E-state index contributed by atoms with van der Waals surface area (Å²) in [6.45, 7) is 4.53. The average Bonchev–Trinajstić information content (AvgIpc) is 2.38. The van der Waals surface area contributed by atoms with E-state index < -0.39 is 0 Å². The van der Waals surface area contributed by atoms with E-state index in [-0.39, 0.29) is 0 Å². The Balaban J connectivity index is 2.16. The molecule has 0 aromatic carbocycles. The summed E-state index contributed by atoms with van der Waals surface area (Å²) in [6.07, 6.45) is 3.14. The Morgan fingerprint density at radius 1 is 1.62 bits per heavy atom. The first-order valence-corrected chi connectivity index (χ1v) is 7.88. The first-order valence-electron chi connectivity index (χ1n) is 5.71. The second-order valence-electron chi connectivity index (χ2n) is 3.97. The fourth-order valence-corrected chi connectivity index (χ4v) is 3.60. The minimum absolute atomic E-state index is 0.763. The minimum atomic E-state index is 0.763. The van der Waals surface area contributed by atoms with Crippen LogP contribution in [0.4, 0.5) is 5.82 Å². The first-order chi connectivity index (χ1) is 7.85. The van der Waals surface area contributed by atoms with Gasteiger partial charge in [0, 0.05) is 41.2 Å². The van der Waals surface area contributed by atoms with Crippen LogP contribution < -0.4 is 4.90 Å². The summed E-state index contributed by atoms with van der Waals surface area (Å²) in [5.74, 6) is 2.38. The Morgan fingerprint density at radius 2 is 2.50 bits per heavy atom. The van der Waals surface area contributed by atoms with Crippen molar-refractivity contribution in [2.24, 2.45) is 0 Å². The molecule has 0 amide bonds. The van der Waals surface area contributed by atoms with Crippen molar-refractivity contribution < 1.29 is 0 Å². The van der Waals surface area contributed by atoms with Crippen LogP contribution in [0.25, 0.3) is 0 Å². The van der Waals surface area contributed by atoms with Crippen molar-refractivity contribution in [3.8, 4) is 0 Å². The molecule has 1 aromatic heterocycles. The molecule has 0 aliphatic carbocycles. The number of hydrogen-bond donors (Lipinski definition) is 0. The third kappa shape index (κ3) is 2.72. The van der Waals surface area contributed by atoms with Crippen LogP contribution in [0.2, 0.25) is 0 Å². The summed E-state index contributed by atoms with van der Waals surface area (Å²) < 4.78 is 0. The minimum Gasteiger partial charge on any atom is -0.354 e. The van der Waals surface area contributed by atoms with Crippen molar-refractivity contribution in [3.63, 3.8) is 0 Å². The number of hydrogen-bond acceptors (Lipinski definition) is 3. The smallest absolute Gasteiger partial charge is 0.132 e. The van der Waals surface area contributed by atoms with Crippen LogP contribution in [0.15, 0.2) is 18.3 Å². The van der Waals surface area contributed by atoms with E-state index in [0.717, 1.165) is 29.5 Å². The molecule has 1 saturated heterocycles. The monoisotopic (exact) mass is 300 g/mol. The van der Waals surface area contributed by atoms with Gasteiger partial charge in [0.15, 0.2) is 0 Å². The molecular formula is C12H17BrN2S. The second kappa shape index (κ2) is 5.92. The Hall–Kier alpha value is -0.220. The number of thioether (sulfide) groups is 1. The fourth-order valence-electron chi connectivity index (χ4n) is 1.98. The SMILES string of the molecule is CCC1CN(c2ncccc2CBr)CCS1. The first kappa shape index (κ1) is 12.2. The van der Waals surface area contributed by atoms with Gasteiger partial charge in [-0.05, 0) is 12.5 Å². The number of pyridine rings is 1. The lowest BCUT2D eigenvalue weighted by molar-refractivity contribution is 0.718. The molecule has 1 fully saturated rings. The van der Waals surface area contributed by atoms with Crippen molar-refractivity contribution >= 4 is 33.5 Å². The predicted molar refractivity (Wildman–Crippen MR) is 75.6 cm³/mol. The fraction of sp³-hybridized carbons (Fsp3) is 0.583. The largest absolute Gasteiger partial charge is 0.354 e. The zero-order chi connectivity index (χ0) is 11.4. The molecule has 88 valence electrons. The van der Waals surface area contributed by atoms with Crippen LogP contribution in [-0.2, 0) is 5.33 Å². The third-order valence-electron chi connectivity index (χ3n) is 2.91. The van der Waals surface area contributed by atoms with E-state index in [1.165, 1.54) is 17.7 Å². The molecule has 1 aliphatic heterocycles. The summed E-state index contributed by atoms with van der Waals surface area (Å²) in [5, 5.41) is 1.65. The van der Waals surface area contributed by atoms with Crippen LogP contribution in [-0.4, -0.2) is 29.1 Å². The molecule has 1 atom stereocenters. The number of rotatable bonds is 3.